The standard InChI is InChI=1S/C16H20N4/c1-2-8-20-9-7-13-10-18-16(19-15(13)11-20)12-3-5-14(17)6-4-12/h3-6,10H,2,7-9,11,17H2,1H3. The number of nitrogen functional groups attached to an aromatic ring is 1. The Morgan fingerprint density at radius 1 is 1.25 bits per heavy atom. The minimum absolute atomic E-state index is 0.765. The Labute approximate surface area is 119 Å². The van der Waals surface area contributed by atoms with E-state index in [1.54, 1.807) is 0 Å². The van der Waals surface area contributed by atoms with E-state index in [9.17, 15) is 0 Å². The first-order chi connectivity index (χ1) is 9.76. The largest absolute Gasteiger partial charge is 0.399 e. The van der Waals surface area contributed by atoms with Gasteiger partial charge in [-0.1, -0.05) is 6.92 Å². The van der Waals surface area contributed by atoms with E-state index >= 15 is 0 Å². The zero-order chi connectivity index (χ0) is 13.9. The number of anilines is 1. The molecular formula is C16H20N4. The fourth-order valence-electron chi connectivity index (χ4n) is 2.64. The van der Waals surface area contributed by atoms with E-state index in [0.29, 0.717) is 0 Å². The Kier molecular flexibility index (Phi) is 3.65. The summed E-state index contributed by atoms with van der Waals surface area (Å²) in [7, 11) is 0. The zero-order valence-electron chi connectivity index (χ0n) is 11.8. The molecule has 1 aliphatic rings. The molecule has 0 saturated carbocycles. The third-order valence-corrected chi connectivity index (χ3v) is 3.73. The molecule has 0 amide bonds. The smallest absolute Gasteiger partial charge is 0.159 e. The number of aromatic nitrogens is 2. The fraction of sp³-hybridized carbons (Fsp3) is 0.375. The van der Waals surface area contributed by atoms with Crippen molar-refractivity contribution in [3.05, 3.63) is 41.7 Å². The summed E-state index contributed by atoms with van der Waals surface area (Å²) in [5.41, 5.74) is 9.97. The van der Waals surface area contributed by atoms with Crippen LogP contribution in [0.15, 0.2) is 30.5 Å². The second-order valence-electron chi connectivity index (χ2n) is 5.31. The number of hydrogen-bond donors (Lipinski definition) is 1. The molecule has 104 valence electrons. The highest BCUT2D eigenvalue weighted by atomic mass is 15.1. The van der Waals surface area contributed by atoms with Gasteiger partial charge < -0.3 is 5.73 Å². The lowest BCUT2D eigenvalue weighted by Crippen LogP contribution is -2.32. The lowest BCUT2D eigenvalue weighted by atomic mass is 10.1. The van der Waals surface area contributed by atoms with Crippen molar-refractivity contribution in [3.63, 3.8) is 0 Å². The zero-order valence-corrected chi connectivity index (χ0v) is 11.8. The number of fused-ring (bicyclic) bond motifs is 1. The summed E-state index contributed by atoms with van der Waals surface area (Å²) in [6.07, 6.45) is 4.22. The number of hydrogen-bond acceptors (Lipinski definition) is 4. The lowest BCUT2D eigenvalue weighted by molar-refractivity contribution is 0.250. The van der Waals surface area contributed by atoms with Gasteiger partial charge in [0.1, 0.15) is 0 Å². The van der Waals surface area contributed by atoms with Gasteiger partial charge in [-0.25, -0.2) is 9.97 Å². The first-order valence-corrected chi connectivity index (χ1v) is 7.19. The molecule has 2 aromatic rings. The Morgan fingerprint density at radius 2 is 2.05 bits per heavy atom. The van der Waals surface area contributed by atoms with Crippen molar-refractivity contribution in [2.75, 3.05) is 18.8 Å². The van der Waals surface area contributed by atoms with Crippen molar-refractivity contribution in [2.45, 2.75) is 26.3 Å². The first-order valence-electron chi connectivity index (χ1n) is 7.19. The second-order valence-corrected chi connectivity index (χ2v) is 5.31. The highest BCUT2D eigenvalue weighted by molar-refractivity contribution is 5.58. The Balaban J connectivity index is 1.88. The highest BCUT2D eigenvalue weighted by Gasteiger charge is 2.18. The molecule has 0 saturated heterocycles. The summed E-state index contributed by atoms with van der Waals surface area (Å²) in [4.78, 5) is 11.7. The highest BCUT2D eigenvalue weighted by Crippen LogP contribution is 2.21. The minimum atomic E-state index is 0.765. The Hall–Kier alpha value is -1.94. The second kappa shape index (κ2) is 5.59. The molecular weight excluding hydrogens is 248 g/mol. The first kappa shape index (κ1) is 13.1. The molecule has 3 rings (SSSR count). The average Bonchev–Trinajstić information content (AvgIpc) is 2.48. The Bertz CT molecular complexity index is 592. The molecule has 1 aromatic carbocycles. The maximum absolute atomic E-state index is 5.72. The van der Waals surface area contributed by atoms with Crippen molar-refractivity contribution in [3.8, 4) is 11.4 Å². The number of benzene rings is 1. The number of rotatable bonds is 3. The summed E-state index contributed by atoms with van der Waals surface area (Å²) in [5.74, 6) is 0.794. The van der Waals surface area contributed by atoms with Crippen LogP contribution in [-0.4, -0.2) is 28.0 Å². The molecule has 0 unspecified atom stereocenters. The van der Waals surface area contributed by atoms with Crippen LogP contribution in [0.5, 0.6) is 0 Å². The van der Waals surface area contributed by atoms with Gasteiger partial charge in [0, 0.05) is 30.5 Å². The summed E-state index contributed by atoms with van der Waals surface area (Å²) in [6.45, 7) is 5.41. The summed E-state index contributed by atoms with van der Waals surface area (Å²) < 4.78 is 0. The summed E-state index contributed by atoms with van der Waals surface area (Å²) in [5, 5.41) is 0. The van der Waals surface area contributed by atoms with E-state index in [-0.39, 0.29) is 0 Å². The van der Waals surface area contributed by atoms with E-state index in [2.05, 4.69) is 16.8 Å². The van der Waals surface area contributed by atoms with Crippen molar-refractivity contribution in [1.82, 2.24) is 14.9 Å². The van der Waals surface area contributed by atoms with Gasteiger partial charge in [0.2, 0.25) is 0 Å². The quantitative estimate of drug-likeness (QED) is 0.869. The van der Waals surface area contributed by atoms with E-state index in [1.807, 2.05) is 30.5 Å². The van der Waals surface area contributed by atoms with Gasteiger partial charge in [-0.15, -0.1) is 0 Å². The predicted octanol–water partition coefficient (Wildman–Crippen LogP) is 2.49. The lowest BCUT2D eigenvalue weighted by Gasteiger charge is -2.27. The van der Waals surface area contributed by atoms with Gasteiger partial charge in [-0.05, 0) is 49.2 Å². The molecule has 2 heterocycles. The molecule has 4 nitrogen and oxygen atoms in total. The van der Waals surface area contributed by atoms with Gasteiger partial charge in [0.15, 0.2) is 5.82 Å². The molecule has 1 aliphatic heterocycles. The van der Waals surface area contributed by atoms with Crippen LogP contribution >= 0.6 is 0 Å². The molecule has 2 N–H and O–H groups in total. The number of nitrogens with zero attached hydrogens (tertiary/aromatic N) is 3. The van der Waals surface area contributed by atoms with Crippen LogP contribution in [0.4, 0.5) is 5.69 Å². The SMILES string of the molecule is CCCN1CCc2cnc(-c3ccc(N)cc3)nc2C1. The fourth-order valence-corrected chi connectivity index (χ4v) is 2.64. The van der Waals surface area contributed by atoms with Crippen LogP contribution in [0.25, 0.3) is 11.4 Å². The van der Waals surface area contributed by atoms with Gasteiger partial charge in [0.05, 0.1) is 5.69 Å². The van der Waals surface area contributed by atoms with Crippen molar-refractivity contribution >= 4 is 5.69 Å². The molecule has 0 fully saturated rings. The Morgan fingerprint density at radius 3 is 2.80 bits per heavy atom. The van der Waals surface area contributed by atoms with Gasteiger partial charge in [-0.2, -0.15) is 0 Å². The maximum Gasteiger partial charge on any atom is 0.159 e. The minimum Gasteiger partial charge on any atom is -0.399 e. The monoisotopic (exact) mass is 268 g/mol. The average molecular weight is 268 g/mol. The van der Waals surface area contributed by atoms with Gasteiger partial charge in [-0.3, -0.25) is 4.90 Å². The van der Waals surface area contributed by atoms with Crippen molar-refractivity contribution in [1.29, 1.82) is 0 Å². The number of nitrogens with two attached hydrogens (primary N) is 1. The molecule has 20 heavy (non-hydrogen) atoms. The maximum atomic E-state index is 5.72. The van der Waals surface area contributed by atoms with Crippen LogP contribution in [0.1, 0.15) is 24.6 Å². The van der Waals surface area contributed by atoms with E-state index in [1.165, 1.54) is 17.7 Å². The van der Waals surface area contributed by atoms with Crippen molar-refractivity contribution in [2.24, 2.45) is 0 Å². The van der Waals surface area contributed by atoms with Crippen LogP contribution in [0.2, 0.25) is 0 Å². The van der Waals surface area contributed by atoms with E-state index < -0.39 is 0 Å². The van der Waals surface area contributed by atoms with Gasteiger partial charge in [0.25, 0.3) is 0 Å². The van der Waals surface area contributed by atoms with Crippen LogP contribution in [0, 0.1) is 0 Å². The molecule has 0 bridgehead atoms. The van der Waals surface area contributed by atoms with Crippen LogP contribution in [-0.2, 0) is 13.0 Å². The topological polar surface area (TPSA) is 55.0 Å². The molecule has 0 atom stereocenters. The third kappa shape index (κ3) is 2.65. The van der Waals surface area contributed by atoms with Gasteiger partial charge >= 0.3 is 0 Å². The molecule has 0 radical (unpaired) electrons. The molecule has 0 spiro atoms. The molecule has 4 heteroatoms. The van der Waals surface area contributed by atoms with Crippen LogP contribution in [0.3, 0.4) is 0 Å². The summed E-state index contributed by atoms with van der Waals surface area (Å²) in [6, 6.07) is 7.73. The van der Waals surface area contributed by atoms with E-state index in [4.69, 9.17) is 10.7 Å². The predicted molar refractivity (Wildman–Crippen MR) is 81.2 cm³/mol. The van der Waals surface area contributed by atoms with Crippen molar-refractivity contribution < 1.29 is 0 Å². The normalized spacial score (nSPS) is 15.1. The summed E-state index contributed by atoms with van der Waals surface area (Å²) >= 11 is 0. The van der Waals surface area contributed by atoms with Crippen LogP contribution < -0.4 is 5.73 Å². The van der Waals surface area contributed by atoms with E-state index in [0.717, 1.165) is 43.1 Å². The molecule has 0 aliphatic carbocycles. The molecule has 1 aromatic heterocycles. The third-order valence-electron chi connectivity index (χ3n) is 3.73.